The van der Waals surface area contributed by atoms with E-state index in [1.165, 1.54) is 6.08 Å². The van der Waals surface area contributed by atoms with Crippen LogP contribution in [0.5, 0.6) is 11.5 Å². The van der Waals surface area contributed by atoms with Gasteiger partial charge in [-0.15, -0.1) is 0 Å². The van der Waals surface area contributed by atoms with Gasteiger partial charge in [0.15, 0.2) is 0 Å². The summed E-state index contributed by atoms with van der Waals surface area (Å²) in [5.41, 5.74) is 0.576. The lowest BCUT2D eigenvalue weighted by atomic mass is 10.2. The van der Waals surface area contributed by atoms with Crippen molar-refractivity contribution in [3.8, 4) is 11.5 Å². The molecule has 18 heavy (non-hydrogen) atoms. The largest absolute Gasteiger partial charge is 0.497 e. The predicted molar refractivity (Wildman–Crippen MR) is 72.1 cm³/mol. The molecule has 0 aliphatic heterocycles. The van der Waals surface area contributed by atoms with Crippen LogP contribution in [-0.4, -0.2) is 20.1 Å². The van der Waals surface area contributed by atoms with Crippen molar-refractivity contribution in [3.63, 3.8) is 0 Å². The normalized spacial score (nSPS) is 10.8. The van der Waals surface area contributed by atoms with Crippen LogP contribution in [-0.2, 0) is 4.79 Å². The number of nitrogens with one attached hydrogen (secondary N) is 1. The average Bonchev–Trinajstić information content (AvgIpc) is 2.39. The molecule has 1 rings (SSSR count). The van der Waals surface area contributed by atoms with Gasteiger partial charge in [0.25, 0.3) is 0 Å². The van der Waals surface area contributed by atoms with Crippen molar-refractivity contribution in [1.82, 2.24) is 0 Å². The molecule has 96 valence electrons. The maximum atomic E-state index is 11.6. The molecule has 0 fully saturated rings. The summed E-state index contributed by atoms with van der Waals surface area (Å²) in [5, 5.41) is 2.73. The number of carbonyl (C=O) groups excluding carboxylic acids is 1. The second-order valence-corrected chi connectivity index (χ2v) is 3.44. The van der Waals surface area contributed by atoms with Crippen molar-refractivity contribution in [2.24, 2.45) is 0 Å². The number of anilines is 1. The van der Waals surface area contributed by atoms with Crippen LogP contribution >= 0.6 is 0 Å². The fourth-order valence-corrected chi connectivity index (χ4v) is 1.34. The Morgan fingerprint density at radius 1 is 1.22 bits per heavy atom. The van der Waals surface area contributed by atoms with Crippen LogP contribution in [0.4, 0.5) is 5.69 Å². The van der Waals surface area contributed by atoms with Crippen molar-refractivity contribution in [2.45, 2.75) is 6.92 Å². The van der Waals surface area contributed by atoms with E-state index in [1.54, 1.807) is 44.6 Å². The molecule has 1 amide bonds. The Bertz CT molecular complexity index is 464. The first-order valence-corrected chi connectivity index (χ1v) is 5.53. The van der Waals surface area contributed by atoms with Crippen LogP contribution in [0.3, 0.4) is 0 Å². The molecule has 4 nitrogen and oxygen atoms in total. The molecule has 0 radical (unpaired) electrons. The Morgan fingerprint density at radius 3 is 2.61 bits per heavy atom. The van der Waals surface area contributed by atoms with Crippen LogP contribution in [0.15, 0.2) is 42.5 Å². The van der Waals surface area contributed by atoms with Gasteiger partial charge >= 0.3 is 0 Å². The summed E-state index contributed by atoms with van der Waals surface area (Å²) in [6.45, 7) is 1.88. The topological polar surface area (TPSA) is 47.6 Å². The summed E-state index contributed by atoms with van der Waals surface area (Å²) in [7, 11) is 3.12. The number of hydrogen-bond acceptors (Lipinski definition) is 3. The smallest absolute Gasteiger partial charge is 0.248 e. The lowest BCUT2D eigenvalue weighted by Crippen LogP contribution is -2.09. The number of ether oxygens (including phenoxy) is 2. The number of allylic oxidation sites excluding steroid dienone is 3. The van der Waals surface area contributed by atoms with Crippen molar-refractivity contribution >= 4 is 11.6 Å². The minimum atomic E-state index is -0.223. The molecule has 0 atom stereocenters. The van der Waals surface area contributed by atoms with Crippen molar-refractivity contribution in [1.29, 1.82) is 0 Å². The molecular formula is C14H17NO3. The summed E-state index contributed by atoms with van der Waals surface area (Å²) in [4.78, 5) is 11.6. The molecule has 1 aromatic rings. The second kappa shape index (κ2) is 7.17. The summed E-state index contributed by atoms with van der Waals surface area (Å²) >= 11 is 0. The van der Waals surface area contributed by atoms with Gasteiger partial charge in [-0.25, -0.2) is 0 Å². The highest BCUT2D eigenvalue weighted by atomic mass is 16.5. The third-order valence-electron chi connectivity index (χ3n) is 2.22. The van der Waals surface area contributed by atoms with E-state index in [-0.39, 0.29) is 5.91 Å². The summed E-state index contributed by atoms with van der Waals surface area (Å²) < 4.78 is 10.3. The second-order valence-electron chi connectivity index (χ2n) is 3.44. The van der Waals surface area contributed by atoms with Crippen LogP contribution in [0.25, 0.3) is 0 Å². The van der Waals surface area contributed by atoms with Crippen molar-refractivity contribution in [2.75, 3.05) is 19.5 Å². The lowest BCUT2D eigenvalue weighted by Gasteiger charge is -2.10. The SMILES string of the molecule is CC=CC=CC(=O)Nc1cc(OC)ccc1OC. The van der Waals surface area contributed by atoms with Gasteiger partial charge in [0.2, 0.25) is 5.91 Å². The zero-order valence-corrected chi connectivity index (χ0v) is 10.8. The number of rotatable bonds is 5. The number of methoxy groups -OCH3 is 2. The van der Waals surface area contributed by atoms with E-state index in [4.69, 9.17) is 9.47 Å². The fraction of sp³-hybridized carbons (Fsp3) is 0.214. The molecule has 1 aromatic carbocycles. The number of amides is 1. The first-order chi connectivity index (χ1) is 8.71. The zero-order valence-electron chi connectivity index (χ0n) is 10.8. The maximum absolute atomic E-state index is 11.6. The first kappa shape index (κ1) is 13.8. The van der Waals surface area contributed by atoms with E-state index < -0.39 is 0 Å². The highest BCUT2D eigenvalue weighted by molar-refractivity contribution is 6.00. The van der Waals surface area contributed by atoms with Gasteiger partial charge in [0, 0.05) is 12.1 Å². The molecule has 0 unspecified atom stereocenters. The lowest BCUT2D eigenvalue weighted by molar-refractivity contribution is -0.111. The van der Waals surface area contributed by atoms with E-state index in [9.17, 15) is 4.79 Å². The quantitative estimate of drug-likeness (QED) is 0.643. The number of carbonyl (C=O) groups is 1. The number of benzene rings is 1. The average molecular weight is 247 g/mol. The Morgan fingerprint density at radius 2 is 2.00 bits per heavy atom. The van der Waals surface area contributed by atoms with E-state index in [1.807, 2.05) is 13.0 Å². The highest BCUT2D eigenvalue weighted by Crippen LogP contribution is 2.28. The third kappa shape index (κ3) is 3.97. The van der Waals surface area contributed by atoms with Gasteiger partial charge in [-0.05, 0) is 19.1 Å². The molecule has 0 saturated carbocycles. The minimum absolute atomic E-state index is 0.223. The van der Waals surface area contributed by atoms with E-state index >= 15 is 0 Å². The van der Waals surface area contributed by atoms with Crippen LogP contribution < -0.4 is 14.8 Å². The van der Waals surface area contributed by atoms with Crippen molar-refractivity contribution in [3.05, 3.63) is 42.5 Å². The van der Waals surface area contributed by atoms with E-state index in [0.29, 0.717) is 17.2 Å². The van der Waals surface area contributed by atoms with E-state index in [0.717, 1.165) is 0 Å². The Balaban J connectivity index is 2.84. The van der Waals surface area contributed by atoms with Gasteiger partial charge in [0.1, 0.15) is 11.5 Å². The zero-order chi connectivity index (χ0) is 13.4. The Hall–Kier alpha value is -2.23. The fourth-order valence-electron chi connectivity index (χ4n) is 1.34. The van der Waals surface area contributed by atoms with Gasteiger partial charge in [0.05, 0.1) is 19.9 Å². The molecule has 0 aliphatic carbocycles. The number of hydrogen-bond donors (Lipinski definition) is 1. The molecular weight excluding hydrogens is 230 g/mol. The molecule has 0 saturated heterocycles. The standard InChI is InChI=1S/C14H17NO3/c1-4-5-6-7-14(16)15-12-10-11(17-2)8-9-13(12)18-3/h4-10H,1-3H3,(H,15,16). The summed E-state index contributed by atoms with van der Waals surface area (Å²) in [6, 6.07) is 5.22. The summed E-state index contributed by atoms with van der Waals surface area (Å²) in [6.07, 6.45) is 6.74. The molecule has 0 aromatic heterocycles. The molecule has 0 spiro atoms. The molecule has 0 bridgehead atoms. The Labute approximate surface area is 107 Å². The highest BCUT2D eigenvalue weighted by Gasteiger charge is 2.06. The monoisotopic (exact) mass is 247 g/mol. The van der Waals surface area contributed by atoms with Gasteiger partial charge in [-0.2, -0.15) is 0 Å². The molecule has 4 heteroatoms. The van der Waals surface area contributed by atoms with Crippen LogP contribution in [0.1, 0.15) is 6.92 Å². The molecule has 0 aliphatic rings. The molecule has 0 heterocycles. The molecule has 1 N–H and O–H groups in total. The first-order valence-electron chi connectivity index (χ1n) is 5.53. The van der Waals surface area contributed by atoms with Crippen LogP contribution in [0, 0.1) is 0 Å². The van der Waals surface area contributed by atoms with Gasteiger partial charge < -0.3 is 14.8 Å². The Kier molecular flexibility index (Phi) is 5.51. The predicted octanol–water partition coefficient (Wildman–Crippen LogP) is 2.77. The maximum Gasteiger partial charge on any atom is 0.248 e. The third-order valence-corrected chi connectivity index (χ3v) is 2.22. The van der Waals surface area contributed by atoms with Crippen LogP contribution in [0.2, 0.25) is 0 Å². The van der Waals surface area contributed by atoms with Crippen molar-refractivity contribution < 1.29 is 14.3 Å². The minimum Gasteiger partial charge on any atom is -0.497 e. The van der Waals surface area contributed by atoms with Gasteiger partial charge in [-0.3, -0.25) is 4.79 Å². The van der Waals surface area contributed by atoms with Gasteiger partial charge in [-0.1, -0.05) is 18.2 Å². The summed E-state index contributed by atoms with van der Waals surface area (Å²) in [5.74, 6) is 1.02. The van der Waals surface area contributed by atoms with E-state index in [2.05, 4.69) is 5.32 Å².